The van der Waals surface area contributed by atoms with Crippen molar-refractivity contribution in [3.05, 3.63) is 23.8 Å². The summed E-state index contributed by atoms with van der Waals surface area (Å²) >= 11 is 0. The Labute approximate surface area is 141 Å². The van der Waals surface area contributed by atoms with E-state index < -0.39 is 0 Å². The van der Waals surface area contributed by atoms with Gasteiger partial charge < -0.3 is 14.5 Å². The van der Waals surface area contributed by atoms with Gasteiger partial charge in [0.2, 0.25) is 0 Å². The van der Waals surface area contributed by atoms with Gasteiger partial charge in [0.05, 0.1) is 7.11 Å². The third-order valence-corrected chi connectivity index (χ3v) is 5.58. The predicted molar refractivity (Wildman–Crippen MR) is 97.5 cm³/mol. The van der Waals surface area contributed by atoms with E-state index in [2.05, 4.69) is 48.8 Å². The second-order valence-corrected chi connectivity index (χ2v) is 7.90. The van der Waals surface area contributed by atoms with Crippen LogP contribution in [-0.2, 0) is 6.42 Å². The molecule has 0 aromatic heterocycles. The highest BCUT2D eigenvalue weighted by Gasteiger charge is 2.44. The second-order valence-electron chi connectivity index (χ2n) is 7.90. The Hall–Kier alpha value is -1.22. The Morgan fingerprint density at radius 2 is 1.87 bits per heavy atom. The summed E-state index contributed by atoms with van der Waals surface area (Å²) in [6.45, 7) is 13.1. The fraction of sp³-hybridized carbons (Fsp3) is 0.700. The maximum Gasteiger partial charge on any atom is 0.124 e. The molecule has 0 atom stereocenters. The van der Waals surface area contributed by atoms with Crippen molar-refractivity contribution in [2.75, 3.05) is 44.7 Å². The lowest BCUT2D eigenvalue weighted by Crippen LogP contribution is -2.60. The highest BCUT2D eigenvalue weighted by Crippen LogP contribution is 2.42. The zero-order valence-corrected chi connectivity index (χ0v) is 15.3. The van der Waals surface area contributed by atoms with Crippen LogP contribution in [0.3, 0.4) is 0 Å². The minimum absolute atomic E-state index is 0.610. The zero-order chi connectivity index (χ0) is 16.4. The lowest BCUT2D eigenvalue weighted by molar-refractivity contribution is -0.0247. The molecule has 2 aliphatic heterocycles. The number of hydrogen-bond donors (Lipinski definition) is 0. The number of hydrogen-bond acceptors (Lipinski definition) is 3. The van der Waals surface area contributed by atoms with E-state index in [0.717, 1.165) is 18.1 Å². The monoisotopic (exact) mass is 316 g/mol. The molecule has 2 heterocycles. The van der Waals surface area contributed by atoms with Crippen molar-refractivity contribution < 1.29 is 4.74 Å². The topological polar surface area (TPSA) is 15.7 Å². The molecule has 1 aromatic carbocycles. The van der Waals surface area contributed by atoms with E-state index in [-0.39, 0.29) is 0 Å². The van der Waals surface area contributed by atoms with Gasteiger partial charge in [-0.25, -0.2) is 0 Å². The molecular weight excluding hydrogens is 284 g/mol. The van der Waals surface area contributed by atoms with E-state index in [4.69, 9.17) is 4.74 Å². The maximum absolute atomic E-state index is 5.56. The number of benzene rings is 1. The first kappa shape index (κ1) is 16.6. The van der Waals surface area contributed by atoms with Gasteiger partial charge in [-0.2, -0.15) is 0 Å². The van der Waals surface area contributed by atoms with Gasteiger partial charge in [-0.05, 0) is 42.2 Å². The normalized spacial score (nSPS) is 20.8. The number of anilines is 1. The van der Waals surface area contributed by atoms with Crippen molar-refractivity contribution in [2.24, 2.45) is 11.3 Å². The molecule has 3 heteroatoms. The molecule has 23 heavy (non-hydrogen) atoms. The molecule has 3 nitrogen and oxygen atoms in total. The number of likely N-dealkylation sites (tertiary alicyclic amines) is 1. The van der Waals surface area contributed by atoms with Crippen LogP contribution in [0.25, 0.3) is 0 Å². The van der Waals surface area contributed by atoms with Crippen LogP contribution in [0.1, 0.15) is 39.2 Å². The molecule has 2 aliphatic rings. The molecule has 2 fully saturated rings. The van der Waals surface area contributed by atoms with Crippen LogP contribution >= 0.6 is 0 Å². The van der Waals surface area contributed by atoms with Crippen LogP contribution in [0.4, 0.5) is 5.69 Å². The van der Waals surface area contributed by atoms with Gasteiger partial charge in [-0.15, -0.1) is 0 Å². The summed E-state index contributed by atoms with van der Waals surface area (Å²) in [6, 6.07) is 6.72. The molecule has 1 aromatic rings. The predicted octanol–water partition coefficient (Wildman–Crippen LogP) is 3.82. The van der Waals surface area contributed by atoms with Gasteiger partial charge in [0.25, 0.3) is 0 Å². The number of nitrogens with zero attached hydrogens (tertiary/aromatic N) is 2. The van der Waals surface area contributed by atoms with Crippen LogP contribution in [0.2, 0.25) is 0 Å². The van der Waals surface area contributed by atoms with E-state index in [0.29, 0.717) is 5.41 Å². The molecular formula is C20H32N2O. The van der Waals surface area contributed by atoms with Gasteiger partial charge >= 0.3 is 0 Å². The minimum Gasteiger partial charge on any atom is -0.496 e. The van der Waals surface area contributed by atoms with Crippen LogP contribution < -0.4 is 9.64 Å². The highest BCUT2D eigenvalue weighted by molar-refractivity contribution is 5.54. The third-order valence-electron chi connectivity index (χ3n) is 5.58. The molecule has 0 bridgehead atoms. The van der Waals surface area contributed by atoms with Crippen LogP contribution in [0.15, 0.2) is 18.2 Å². The Morgan fingerprint density at radius 1 is 1.17 bits per heavy atom. The summed E-state index contributed by atoms with van der Waals surface area (Å²) < 4.78 is 5.56. The lowest BCUT2D eigenvalue weighted by atomic mass is 9.71. The number of ether oxygens (including phenoxy) is 1. The second kappa shape index (κ2) is 6.72. The molecule has 0 radical (unpaired) electrons. The third kappa shape index (κ3) is 3.50. The fourth-order valence-corrected chi connectivity index (χ4v) is 4.33. The average Bonchev–Trinajstić information content (AvgIpc) is 2.53. The summed E-state index contributed by atoms with van der Waals surface area (Å²) in [6.07, 6.45) is 3.69. The Bertz CT molecular complexity index is 524. The van der Waals surface area contributed by atoms with E-state index >= 15 is 0 Å². The number of piperidine rings is 1. The van der Waals surface area contributed by atoms with Crippen LogP contribution in [-0.4, -0.2) is 44.7 Å². The SMILES string of the molecule is CCc1ccc(N2CCC3(CC2)CN(CC(C)C)C3)cc1OC. The number of aryl methyl sites for hydroxylation is 1. The highest BCUT2D eigenvalue weighted by atomic mass is 16.5. The van der Waals surface area contributed by atoms with Crippen molar-refractivity contribution >= 4 is 5.69 Å². The molecule has 1 spiro atoms. The summed E-state index contributed by atoms with van der Waals surface area (Å²) in [4.78, 5) is 5.18. The lowest BCUT2D eigenvalue weighted by Gasteiger charge is -2.55. The first-order valence-corrected chi connectivity index (χ1v) is 9.19. The average molecular weight is 316 g/mol. The van der Waals surface area contributed by atoms with Crippen LogP contribution in [0.5, 0.6) is 5.75 Å². The zero-order valence-electron chi connectivity index (χ0n) is 15.3. The first-order valence-electron chi connectivity index (χ1n) is 9.19. The first-order chi connectivity index (χ1) is 11.0. The van der Waals surface area contributed by atoms with Crippen molar-refractivity contribution in [3.63, 3.8) is 0 Å². The van der Waals surface area contributed by atoms with E-state index in [1.165, 1.54) is 56.8 Å². The van der Waals surface area contributed by atoms with Crippen molar-refractivity contribution in [1.29, 1.82) is 0 Å². The maximum atomic E-state index is 5.56. The fourth-order valence-electron chi connectivity index (χ4n) is 4.33. The Kier molecular flexibility index (Phi) is 4.86. The standard InChI is InChI=1S/C20H32N2O/c1-5-17-6-7-18(12-19(17)23-4)22-10-8-20(9-11-22)14-21(15-20)13-16(2)3/h6-7,12,16H,5,8-11,13-15H2,1-4H3. The molecule has 128 valence electrons. The molecule has 0 unspecified atom stereocenters. The summed E-state index contributed by atoms with van der Waals surface area (Å²) in [5.41, 5.74) is 3.24. The molecule has 0 saturated carbocycles. The summed E-state index contributed by atoms with van der Waals surface area (Å²) in [7, 11) is 1.78. The molecule has 2 saturated heterocycles. The van der Waals surface area contributed by atoms with Gasteiger partial charge in [-0.3, -0.25) is 0 Å². The van der Waals surface area contributed by atoms with E-state index in [1.54, 1.807) is 7.11 Å². The summed E-state index contributed by atoms with van der Waals surface area (Å²) in [5.74, 6) is 1.83. The van der Waals surface area contributed by atoms with Gasteiger partial charge in [0.1, 0.15) is 5.75 Å². The number of rotatable bonds is 5. The van der Waals surface area contributed by atoms with Gasteiger partial charge in [0, 0.05) is 44.5 Å². The molecule has 0 aliphatic carbocycles. The number of methoxy groups -OCH3 is 1. The van der Waals surface area contributed by atoms with E-state index in [9.17, 15) is 0 Å². The van der Waals surface area contributed by atoms with Crippen molar-refractivity contribution in [1.82, 2.24) is 4.90 Å². The van der Waals surface area contributed by atoms with Crippen molar-refractivity contribution in [2.45, 2.75) is 40.0 Å². The molecule has 3 rings (SSSR count). The quantitative estimate of drug-likeness (QED) is 0.821. The van der Waals surface area contributed by atoms with Crippen molar-refractivity contribution in [3.8, 4) is 5.75 Å². The van der Waals surface area contributed by atoms with E-state index in [1.807, 2.05) is 0 Å². The Balaban J connectivity index is 1.57. The minimum atomic E-state index is 0.610. The van der Waals surface area contributed by atoms with Gasteiger partial charge in [0.15, 0.2) is 0 Å². The van der Waals surface area contributed by atoms with Gasteiger partial charge in [-0.1, -0.05) is 26.8 Å². The smallest absolute Gasteiger partial charge is 0.124 e. The summed E-state index contributed by atoms with van der Waals surface area (Å²) in [5, 5.41) is 0. The molecule has 0 amide bonds. The van der Waals surface area contributed by atoms with Crippen LogP contribution in [0, 0.1) is 11.3 Å². The Morgan fingerprint density at radius 3 is 2.43 bits per heavy atom. The molecule has 0 N–H and O–H groups in total. The largest absolute Gasteiger partial charge is 0.496 e.